The Morgan fingerprint density at radius 1 is 1.32 bits per heavy atom. The van der Waals surface area contributed by atoms with Crippen LogP contribution in [0.5, 0.6) is 0 Å². The van der Waals surface area contributed by atoms with Crippen LogP contribution in [0, 0.1) is 0 Å². The van der Waals surface area contributed by atoms with Gasteiger partial charge in [0.15, 0.2) is 0 Å². The van der Waals surface area contributed by atoms with E-state index >= 15 is 0 Å². The zero-order chi connectivity index (χ0) is 13.9. The normalized spacial score (nSPS) is 17.2. The molecule has 2 rings (SSSR count). The summed E-state index contributed by atoms with van der Waals surface area (Å²) in [6, 6.07) is 7.38. The maximum absolute atomic E-state index is 12.3. The van der Waals surface area contributed by atoms with Gasteiger partial charge in [0.05, 0.1) is 5.60 Å². The Morgan fingerprint density at radius 3 is 2.42 bits per heavy atom. The van der Waals surface area contributed by atoms with Crippen LogP contribution in [0.25, 0.3) is 0 Å². The highest BCUT2D eigenvalue weighted by molar-refractivity contribution is 5.94. The highest BCUT2D eigenvalue weighted by Gasteiger charge is 2.33. The average Bonchev–Trinajstić information content (AvgIpc) is 2.84. The zero-order valence-corrected chi connectivity index (χ0v) is 11.6. The summed E-state index contributed by atoms with van der Waals surface area (Å²) in [5.41, 5.74) is 0.951. The van der Waals surface area contributed by atoms with Gasteiger partial charge in [-0.3, -0.25) is 4.79 Å². The van der Waals surface area contributed by atoms with Gasteiger partial charge in [0.25, 0.3) is 5.91 Å². The summed E-state index contributed by atoms with van der Waals surface area (Å²) >= 11 is 0. The van der Waals surface area contributed by atoms with E-state index < -0.39 is 5.60 Å². The summed E-state index contributed by atoms with van der Waals surface area (Å²) in [6.45, 7) is 0.416. The molecule has 2 N–H and O–H groups in total. The molecule has 4 heteroatoms. The van der Waals surface area contributed by atoms with Crippen molar-refractivity contribution < 1.29 is 9.90 Å². The van der Waals surface area contributed by atoms with E-state index in [0.717, 1.165) is 31.4 Å². The second kappa shape index (κ2) is 5.61. The first kappa shape index (κ1) is 13.9. The number of likely N-dealkylation sites (N-methyl/N-ethyl adjacent to an activating group) is 1. The fourth-order valence-electron chi connectivity index (χ4n) is 2.70. The molecule has 0 saturated heterocycles. The fraction of sp³-hybridized carbons (Fsp3) is 0.533. The first-order valence-corrected chi connectivity index (χ1v) is 6.80. The Morgan fingerprint density at radius 2 is 1.89 bits per heavy atom. The summed E-state index contributed by atoms with van der Waals surface area (Å²) in [6.07, 6.45) is 3.69. The van der Waals surface area contributed by atoms with Crippen LogP contribution in [-0.2, 0) is 0 Å². The third-order valence-electron chi connectivity index (χ3n) is 3.83. The van der Waals surface area contributed by atoms with E-state index in [9.17, 15) is 9.90 Å². The zero-order valence-electron chi connectivity index (χ0n) is 11.6. The molecular formula is C15H22N2O2. The van der Waals surface area contributed by atoms with E-state index in [1.54, 1.807) is 11.9 Å². The monoisotopic (exact) mass is 262 g/mol. The molecule has 0 aliphatic heterocycles. The number of benzene rings is 1. The summed E-state index contributed by atoms with van der Waals surface area (Å²) in [4.78, 5) is 13.9. The van der Waals surface area contributed by atoms with Crippen molar-refractivity contribution in [3.05, 3.63) is 29.8 Å². The van der Waals surface area contributed by atoms with Crippen molar-refractivity contribution in [2.24, 2.45) is 0 Å². The molecule has 4 nitrogen and oxygen atoms in total. The van der Waals surface area contributed by atoms with Crippen LogP contribution in [0.1, 0.15) is 36.0 Å². The number of aliphatic hydroxyl groups is 1. The molecule has 1 aromatic carbocycles. The Labute approximate surface area is 114 Å². The molecule has 104 valence electrons. The Hall–Kier alpha value is -1.55. The maximum atomic E-state index is 12.3. The summed E-state index contributed by atoms with van der Waals surface area (Å²) in [5.74, 6) is -0.0389. The van der Waals surface area contributed by atoms with Gasteiger partial charge in [-0.05, 0) is 37.1 Å². The largest absolute Gasteiger partial charge is 0.388 e. The van der Waals surface area contributed by atoms with Crippen LogP contribution < -0.4 is 5.32 Å². The summed E-state index contributed by atoms with van der Waals surface area (Å²) in [7, 11) is 3.60. The molecule has 1 aliphatic rings. The molecule has 19 heavy (non-hydrogen) atoms. The van der Waals surface area contributed by atoms with Crippen molar-refractivity contribution in [2.75, 3.05) is 26.0 Å². The minimum Gasteiger partial charge on any atom is -0.388 e. The smallest absolute Gasteiger partial charge is 0.253 e. The van der Waals surface area contributed by atoms with Gasteiger partial charge in [0.1, 0.15) is 0 Å². The molecular weight excluding hydrogens is 240 g/mol. The van der Waals surface area contributed by atoms with Gasteiger partial charge < -0.3 is 15.3 Å². The first-order chi connectivity index (χ1) is 9.04. The summed E-state index contributed by atoms with van der Waals surface area (Å²) < 4.78 is 0. The van der Waals surface area contributed by atoms with E-state index in [1.807, 2.05) is 31.3 Å². The molecule has 1 aromatic rings. The Bertz CT molecular complexity index is 436. The van der Waals surface area contributed by atoms with Crippen LogP contribution >= 0.6 is 0 Å². The number of nitrogens with zero attached hydrogens (tertiary/aromatic N) is 1. The highest BCUT2D eigenvalue weighted by atomic mass is 16.3. The number of anilines is 1. The minimum atomic E-state index is -0.685. The molecule has 1 amide bonds. The third kappa shape index (κ3) is 3.26. The van der Waals surface area contributed by atoms with Gasteiger partial charge in [0, 0.05) is 31.9 Å². The average molecular weight is 262 g/mol. The lowest BCUT2D eigenvalue weighted by Crippen LogP contribution is -2.42. The van der Waals surface area contributed by atoms with Gasteiger partial charge in [0.2, 0.25) is 0 Å². The van der Waals surface area contributed by atoms with E-state index in [1.165, 1.54) is 0 Å². The predicted octanol–water partition coefficient (Wildman–Crippen LogP) is 2.11. The van der Waals surface area contributed by atoms with Crippen molar-refractivity contribution in [2.45, 2.75) is 31.3 Å². The second-order valence-electron chi connectivity index (χ2n) is 5.42. The van der Waals surface area contributed by atoms with Crippen molar-refractivity contribution in [3.8, 4) is 0 Å². The fourth-order valence-corrected chi connectivity index (χ4v) is 2.70. The quantitative estimate of drug-likeness (QED) is 0.873. The molecule has 0 spiro atoms. The molecule has 1 fully saturated rings. The lowest BCUT2D eigenvalue weighted by atomic mass is 10.0. The van der Waals surface area contributed by atoms with Crippen LogP contribution in [0.4, 0.5) is 5.69 Å². The number of hydrogen-bond acceptors (Lipinski definition) is 3. The molecule has 0 atom stereocenters. The van der Waals surface area contributed by atoms with Crippen molar-refractivity contribution in [3.63, 3.8) is 0 Å². The second-order valence-corrected chi connectivity index (χ2v) is 5.42. The van der Waals surface area contributed by atoms with Gasteiger partial charge >= 0.3 is 0 Å². The number of nitrogens with one attached hydrogen (secondary N) is 1. The van der Waals surface area contributed by atoms with Gasteiger partial charge in [-0.1, -0.05) is 12.8 Å². The van der Waals surface area contributed by atoms with E-state index in [-0.39, 0.29) is 5.91 Å². The van der Waals surface area contributed by atoms with Gasteiger partial charge in [-0.15, -0.1) is 0 Å². The molecule has 0 heterocycles. The van der Waals surface area contributed by atoms with Crippen molar-refractivity contribution in [1.82, 2.24) is 4.90 Å². The standard InChI is InChI=1S/C15H22N2O2/c1-16-13-7-5-12(6-8-13)14(18)17(2)11-15(19)9-3-4-10-15/h5-8,16,19H,3-4,9-11H2,1-2H3. The highest BCUT2D eigenvalue weighted by Crippen LogP contribution is 2.30. The number of carbonyl (C=O) groups excluding carboxylic acids is 1. The first-order valence-electron chi connectivity index (χ1n) is 6.80. The maximum Gasteiger partial charge on any atom is 0.253 e. The van der Waals surface area contributed by atoms with Gasteiger partial charge in [-0.25, -0.2) is 0 Å². The minimum absolute atomic E-state index is 0.0389. The molecule has 1 saturated carbocycles. The lowest BCUT2D eigenvalue weighted by molar-refractivity contribution is 0.0157. The van der Waals surface area contributed by atoms with Crippen LogP contribution in [0.3, 0.4) is 0 Å². The number of amides is 1. The van der Waals surface area contributed by atoms with E-state index in [0.29, 0.717) is 12.1 Å². The van der Waals surface area contributed by atoms with E-state index in [4.69, 9.17) is 0 Å². The Kier molecular flexibility index (Phi) is 4.10. The van der Waals surface area contributed by atoms with E-state index in [2.05, 4.69) is 5.32 Å². The molecule has 1 aliphatic carbocycles. The molecule has 0 bridgehead atoms. The molecule has 0 radical (unpaired) electrons. The third-order valence-corrected chi connectivity index (χ3v) is 3.83. The van der Waals surface area contributed by atoms with Crippen LogP contribution in [0.15, 0.2) is 24.3 Å². The predicted molar refractivity (Wildman–Crippen MR) is 76.4 cm³/mol. The van der Waals surface area contributed by atoms with Crippen LogP contribution in [-0.4, -0.2) is 42.2 Å². The van der Waals surface area contributed by atoms with Crippen molar-refractivity contribution >= 4 is 11.6 Å². The number of carbonyl (C=O) groups is 1. The van der Waals surface area contributed by atoms with Crippen molar-refractivity contribution in [1.29, 1.82) is 0 Å². The number of hydrogen-bond donors (Lipinski definition) is 2. The molecule has 0 unspecified atom stereocenters. The number of rotatable bonds is 4. The molecule has 0 aromatic heterocycles. The summed E-state index contributed by atoms with van der Waals surface area (Å²) in [5, 5.41) is 13.4. The lowest BCUT2D eigenvalue weighted by Gasteiger charge is -2.28. The topological polar surface area (TPSA) is 52.6 Å². The van der Waals surface area contributed by atoms with Crippen LogP contribution in [0.2, 0.25) is 0 Å². The SMILES string of the molecule is CNc1ccc(C(=O)N(C)CC2(O)CCCC2)cc1. The van der Waals surface area contributed by atoms with Gasteiger partial charge in [-0.2, -0.15) is 0 Å². The Balaban J connectivity index is 2.01.